The highest BCUT2D eigenvalue weighted by Gasteiger charge is 2.22. The van der Waals surface area contributed by atoms with Crippen LogP contribution in [-0.4, -0.2) is 25.5 Å². The van der Waals surface area contributed by atoms with E-state index in [1.165, 1.54) is 25.3 Å². The third-order valence-corrected chi connectivity index (χ3v) is 4.29. The Morgan fingerprint density at radius 2 is 2.30 bits per heavy atom. The molecule has 2 aromatic rings. The van der Waals surface area contributed by atoms with Crippen LogP contribution in [-0.2, 0) is 11.3 Å². The molecule has 1 fully saturated rings. The molecule has 0 spiro atoms. The lowest BCUT2D eigenvalue weighted by Gasteiger charge is -2.25. The molecule has 0 saturated heterocycles. The zero-order valence-electron chi connectivity index (χ0n) is 13.7. The third-order valence-electron chi connectivity index (χ3n) is 4.29. The smallest absolute Gasteiger partial charge is 0.251 e. The summed E-state index contributed by atoms with van der Waals surface area (Å²) < 4.78 is 3.86. The van der Waals surface area contributed by atoms with E-state index in [0.717, 1.165) is 5.56 Å². The van der Waals surface area contributed by atoms with Gasteiger partial charge in [0.15, 0.2) is 5.82 Å². The Balaban J connectivity index is 1.79. The molecule has 0 aromatic carbocycles. The van der Waals surface area contributed by atoms with Crippen molar-refractivity contribution < 1.29 is 4.79 Å². The van der Waals surface area contributed by atoms with E-state index in [-0.39, 0.29) is 11.9 Å². The molecule has 0 bridgehead atoms. The molecule has 0 radical (unpaired) electrons. The molecule has 6 heteroatoms. The van der Waals surface area contributed by atoms with Crippen LogP contribution < -0.4 is 4.90 Å². The van der Waals surface area contributed by atoms with Gasteiger partial charge in [-0.05, 0) is 39.2 Å². The van der Waals surface area contributed by atoms with Crippen LogP contribution in [0.3, 0.4) is 0 Å². The Morgan fingerprint density at radius 3 is 2.87 bits per heavy atom. The number of rotatable bonds is 6. The molecule has 3 rings (SSSR count). The summed E-state index contributed by atoms with van der Waals surface area (Å²) in [7, 11) is 0. The van der Waals surface area contributed by atoms with Crippen molar-refractivity contribution in [2.24, 2.45) is 0 Å². The predicted molar refractivity (Wildman–Crippen MR) is 89.1 cm³/mol. The minimum absolute atomic E-state index is 0.157. The number of carbonyl (C=O) groups excluding carboxylic acids is 1. The zero-order chi connectivity index (χ0) is 16.4. The van der Waals surface area contributed by atoms with E-state index >= 15 is 0 Å². The van der Waals surface area contributed by atoms with Gasteiger partial charge in [-0.3, -0.25) is 19.1 Å². The van der Waals surface area contributed by atoms with Crippen LogP contribution >= 0.6 is 0 Å². The Labute approximate surface area is 136 Å². The molecule has 6 nitrogen and oxygen atoms in total. The van der Waals surface area contributed by atoms with E-state index in [0.29, 0.717) is 18.4 Å². The van der Waals surface area contributed by atoms with Gasteiger partial charge < -0.3 is 0 Å². The molecule has 1 aliphatic rings. The molecule has 0 aliphatic heterocycles. The lowest BCUT2D eigenvalue weighted by Crippen LogP contribution is -2.29. The van der Waals surface area contributed by atoms with Crippen LogP contribution in [0.1, 0.15) is 50.8 Å². The summed E-state index contributed by atoms with van der Waals surface area (Å²) in [6.07, 6.45) is 10.7. The van der Waals surface area contributed by atoms with Crippen LogP contribution in [0.4, 0.5) is 5.82 Å². The molecule has 2 heterocycles. The van der Waals surface area contributed by atoms with Gasteiger partial charge in [-0.2, -0.15) is 10.2 Å². The van der Waals surface area contributed by atoms with Gasteiger partial charge in [0.1, 0.15) is 0 Å². The van der Waals surface area contributed by atoms with Crippen molar-refractivity contribution in [3.8, 4) is 0 Å². The Bertz CT molecular complexity index is 695. The van der Waals surface area contributed by atoms with E-state index in [1.807, 2.05) is 34.0 Å². The zero-order valence-corrected chi connectivity index (χ0v) is 13.7. The monoisotopic (exact) mass is 313 g/mol. The van der Waals surface area contributed by atoms with Crippen molar-refractivity contribution in [3.63, 3.8) is 0 Å². The maximum absolute atomic E-state index is 12.2. The molecule has 1 saturated carbocycles. The highest BCUT2D eigenvalue weighted by atomic mass is 16.2. The van der Waals surface area contributed by atoms with Crippen LogP contribution in [0.25, 0.3) is 0 Å². The first-order chi connectivity index (χ1) is 11.1. The summed E-state index contributed by atoms with van der Waals surface area (Å²) in [6.45, 7) is 8.16. The summed E-state index contributed by atoms with van der Waals surface area (Å²) in [6, 6.07) is 2.64. The largest absolute Gasteiger partial charge is 0.287 e. The summed E-state index contributed by atoms with van der Waals surface area (Å²) in [5, 5.41) is 8.92. The van der Waals surface area contributed by atoms with Crippen molar-refractivity contribution in [3.05, 3.63) is 42.9 Å². The van der Waals surface area contributed by atoms with Crippen LogP contribution in [0, 0.1) is 0 Å². The maximum Gasteiger partial charge on any atom is 0.251 e. The van der Waals surface area contributed by atoms with Gasteiger partial charge >= 0.3 is 0 Å². The van der Waals surface area contributed by atoms with Crippen molar-refractivity contribution in [1.82, 2.24) is 19.6 Å². The first-order valence-corrected chi connectivity index (χ1v) is 8.10. The number of amides is 1. The van der Waals surface area contributed by atoms with Crippen LogP contribution in [0.15, 0.2) is 37.3 Å². The van der Waals surface area contributed by atoms with Gasteiger partial charge in [0.2, 0.25) is 0 Å². The summed E-state index contributed by atoms with van der Waals surface area (Å²) >= 11 is 0. The molecular weight excluding hydrogens is 290 g/mol. The number of aromatic nitrogens is 4. The predicted octanol–water partition coefficient (Wildman–Crippen LogP) is 3.10. The van der Waals surface area contributed by atoms with Gasteiger partial charge in [-0.15, -0.1) is 0 Å². The molecular formula is C17H23N5O. The van der Waals surface area contributed by atoms with Gasteiger partial charge in [-0.25, -0.2) is 0 Å². The topological polar surface area (TPSA) is 56.0 Å². The second-order valence-electron chi connectivity index (χ2n) is 6.29. The molecule has 1 amide bonds. The normalized spacial score (nSPS) is 14.7. The number of nitrogens with zero attached hydrogens (tertiary/aromatic N) is 5. The van der Waals surface area contributed by atoms with Gasteiger partial charge in [0, 0.05) is 30.1 Å². The van der Waals surface area contributed by atoms with Crippen molar-refractivity contribution in [2.75, 3.05) is 4.90 Å². The fourth-order valence-corrected chi connectivity index (χ4v) is 2.63. The minimum atomic E-state index is -0.157. The molecule has 122 valence electrons. The summed E-state index contributed by atoms with van der Waals surface area (Å²) in [5.74, 6) is 0.482. The quantitative estimate of drug-likeness (QED) is 0.770. The minimum Gasteiger partial charge on any atom is -0.287 e. The molecule has 23 heavy (non-hydrogen) atoms. The van der Waals surface area contributed by atoms with E-state index in [9.17, 15) is 4.79 Å². The molecule has 0 unspecified atom stereocenters. The lowest BCUT2D eigenvalue weighted by atomic mass is 9.93. The van der Waals surface area contributed by atoms with E-state index < -0.39 is 0 Å². The Hall–Kier alpha value is -2.37. The van der Waals surface area contributed by atoms with Crippen molar-refractivity contribution >= 4 is 11.7 Å². The second-order valence-corrected chi connectivity index (χ2v) is 6.29. The second kappa shape index (κ2) is 6.40. The van der Waals surface area contributed by atoms with Crippen molar-refractivity contribution in [2.45, 2.75) is 51.7 Å². The molecule has 1 aliphatic carbocycles. The van der Waals surface area contributed by atoms with E-state index in [2.05, 4.69) is 30.6 Å². The Morgan fingerprint density at radius 1 is 1.52 bits per heavy atom. The van der Waals surface area contributed by atoms with E-state index in [1.54, 1.807) is 4.90 Å². The van der Waals surface area contributed by atoms with Gasteiger partial charge in [0.05, 0.1) is 18.8 Å². The first kappa shape index (κ1) is 15.5. The number of anilines is 1. The van der Waals surface area contributed by atoms with Gasteiger partial charge in [-0.1, -0.05) is 6.58 Å². The lowest BCUT2D eigenvalue weighted by molar-refractivity contribution is -0.114. The molecule has 0 atom stereocenters. The number of hydrogen-bond donors (Lipinski definition) is 0. The van der Waals surface area contributed by atoms with Crippen LogP contribution in [0.2, 0.25) is 0 Å². The third kappa shape index (κ3) is 3.21. The Kier molecular flexibility index (Phi) is 4.32. The SMILES string of the molecule is C=CC(=O)N(Cc1cnn(C2CCC2)c1)c1ccn(C(C)C)n1. The average Bonchev–Trinajstić information content (AvgIpc) is 3.11. The van der Waals surface area contributed by atoms with Gasteiger partial charge in [0.25, 0.3) is 5.91 Å². The fraction of sp³-hybridized carbons (Fsp3) is 0.471. The maximum atomic E-state index is 12.2. The van der Waals surface area contributed by atoms with E-state index in [4.69, 9.17) is 0 Å². The highest BCUT2D eigenvalue weighted by Crippen LogP contribution is 2.31. The summed E-state index contributed by atoms with van der Waals surface area (Å²) in [4.78, 5) is 13.9. The number of hydrogen-bond acceptors (Lipinski definition) is 3. The average molecular weight is 313 g/mol. The van der Waals surface area contributed by atoms with Crippen molar-refractivity contribution in [1.29, 1.82) is 0 Å². The molecule has 0 N–H and O–H groups in total. The summed E-state index contributed by atoms with van der Waals surface area (Å²) in [5.41, 5.74) is 1.01. The fourth-order valence-electron chi connectivity index (χ4n) is 2.63. The number of carbonyl (C=O) groups is 1. The highest BCUT2D eigenvalue weighted by molar-refractivity contribution is 6.00. The molecule has 2 aromatic heterocycles. The standard InChI is InChI=1S/C17H23N5O/c1-4-17(23)20(16-8-9-21(19-16)13(2)3)11-14-10-18-22(12-14)15-6-5-7-15/h4,8-10,12-13,15H,1,5-7,11H2,2-3H3. The first-order valence-electron chi connectivity index (χ1n) is 8.10. The van der Waals surface area contributed by atoms with Crippen LogP contribution in [0.5, 0.6) is 0 Å².